The van der Waals surface area contributed by atoms with E-state index >= 15 is 0 Å². The molecule has 0 heterocycles. The lowest BCUT2D eigenvalue weighted by molar-refractivity contribution is 0.248. The largest absolute Gasteiger partial charge is 0.342 e. The van der Waals surface area contributed by atoms with Crippen LogP contribution in [0, 0.1) is 11.3 Å². The van der Waals surface area contributed by atoms with Crippen LogP contribution < -0.4 is 0 Å². The molecular formula is C22H45N2OP. The maximum atomic E-state index is 8.94. The highest BCUT2D eigenvalue weighted by atomic mass is 31.2. The Morgan fingerprint density at radius 2 is 1.35 bits per heavy atom. The number of nitrogens with zero attached hydrogens (tertiary/aromatic N) is 2. The van der Waals surface area contributed by atoms with Gasteiger partial charge in [-0.15, -0.1) is 0 Å². The molecule has 0 radical (unpaired) electrons. The van der Waals surface area contributed by atoms with Gasteiger partial charge in [-0.1, -0.05) is 65.2 Å². The highest BCUT2D eigenvalue weighted by molar-refractivity contribution is 7.50. The van der Waals surface area contributed by atoms with Gasteiger partial charge in [0.25, 0.3) is 0 Å². The molecule has 0 aliphatic heterocycles. The molecule has 26 heavy (non-hydrogen) atoms. The molecular weight excluding hydrogens is 339 g/mol. The van der Waals surface area contributed by atoms with Crippen LogP contribution in [0.25, 0.3) is 0 Å². The van der Waals surface area contributed by atoms with Crippen molar-refractivity contribution in [1.29, 1.82) is 5.26 Å². The van der Waals surface area contributed by atoms with E-state index in [1.165, 1.54) is 64.2 Å². The molecule has 0 bridgehead atoms. The Bertz CT molecular complexity index is 347. The second-order valence-electron chi connectivity index (χ2n) is 7.96. The summed E-state index contributed by atoms with van der Waals surface area (Å²) < 4.78 is 9.00. The van der Waals surface area contributed by atoms with E-state index in [9.17, 15) is 0 Å². The fraction of sp³-hybridized carbons (Fsp3) is 0.955. The monoisotopic (exact) mass is 384 g/mol. The van der Waals surface area contributed by atoms with Gasteiger partial charge in [-0.2, -0.15) is 5.26 Å². The van der Waals surface area contributed by atoms with E-state index in [2.05, 4.69) is 52.3 Å². The Hall–Kier alpha value is -0.160. The molecule has 0 spiro atoms. The molecule has 0 N–H and O–H groups in total. The van der Waals surface area contributed by atoms with Crippen molar-refractivity contribution in [2.75, 3.05) is 6.61 Å². The normalized spacial score (nSPS) is 14.2. The summed E-state index contributed by atoms with van der Waals surface area (Å²) in [6.45, 7) is 14.3. The minimum atomic E-state index is -0.637. The Morgan fingerprint density at radius 3 is 1.85 bits per heavy atom. The van der Waals surface area contributed by atoms with Crippen LogP contribution in [0.2, 0.25) is 0 Å². The number of rotatable bonds is 17. The lowest BCUT2D eigenvalue weighted by atomic mass is 10.1. The Morgan fingerprint density at radius 1 is 0.846 bits per heavy atom. The number of unbranched alkanes of at least 4 members (excludes halogenated alkanes) is 6. The average Bonchev–Trinajstić information content (AvgIpc) is 2.59. The van der Waals surface area contributed by atoms with Crippen LogP contribution in [0.4, 0.5) is 0 Å². The van der Waals surface area contributed by atoms with E-state index in [4.69, 9.17) is 9.79 Å². The topological polar surface area (TPSA) is 36.3 Å². The zero-order valence-electron chi connectivity index (χ0n) is 18.5. The van der Waals surface area contributed by atoms with Crippen LogP contribution in [0.15, 0.2) is 0 Å². The summed E-state index contributed by atoms with van der Waals surface area (Å²) in [5.41, 5.74) is 0.640. The smallest absolute Gasteiger partial charge is 0.108 e. The first-order valence-corrected chi connectivity index (χ1v) is 12.3. The standard InChI is InChI=1S/C22H45N2OP/c1-7-9-11-12-14-17-22(16-13-10-8-2)26(25-19-15-18-23)24(20(3)4)21(5)6/h20-22H,7-17,19H2,1-6H3. The molecule has 0 rings (SSSR count). The number of hydrogen-bond donors (Lipinski definition) is 0. The summed E-state index contributed by atoms with van der Waals surface area (Å²) in [5, 5.41) is 8.94. The fourth-order valence-corrected chi connectivity index (χ4v) is 6.29. The van der Waals surface area contributed by atoms with Gasteiger partial charge < -0.3 is 4.52 Å². The lowest BCUT2D eigenvalue weighted by Crippen LogP contribution is -2.36. The molecule has 0 amide bonds. The van der Waals surface area contributed by atoms with Crippen molar-refractivity contribution >= 4 is 8.30 Å². The summed E-state index contributed by atoms with van der Waals surface area (Å²) in [5.74, 6) is 0. The Labute approximate surface area is 165 Å². The van der Waals surface area contributed by atoms with Crippen LogP contribution in [0.5, 0.6) is 0 Å². The van der Waals surface area contributed by atoms with Crippen LogP contribution in [0.1, 0.15) is 112 Å². The predicted octanol–water partition coefficient (Wildman–Crippen LogP) is 7.66. The Kier molecular flexibility index (Phi) is 16.9. The van der Waals surface area contributed by atoms with Crippen molar-refractivity contribution in [3.63, 3.8) is 0 Å². The minimum Gasteiger partial charge on any atom is -0.342 e. The summed E-state index contributed by atoms with van der Waals surface area (Å²) in [4.78, 5) is 0. The molecule has 0 aromatic carbocycles. The third kappa shape index (κ3) is 11.5. The molecule has 4 heteroatoms. The van der Waals surface area contributed by atoms with Gasteiger partial charge in [0.2, 0.25) is 0 Å². The first-order valence-electron chi connectivity index (χ1n) is 11.1. The molecule has 154 valence electrons. The van der Waals surface area contributed by atoms with E-state index in [-0.39, 0.29) is 0 Å². The summed E-state index contributed by atoms with van der Waals surface area (Å²) >= 11 is 0. The summed E-state index contributed by atoms with van der Waals surface area (Å²) in [7, 11) is -0.637. The van der Waals surface area contributed by atoms with Gasteiger partial charge in [-0.05, 0) is 40.5 Å². The highest BCUT2D eigenvalue weighted by Gasteiger charge is 2.31. The van der Waals surface area contributed by atoms with Crippen LogP contribution in [-0.4, -0.2) is 29.0 Å². The predicted molar refractivity (Wildman–Crippen MR) is 117 cm³/mol. The number of hydrogen-bond acceptors (Lipinski definition) is 3. The fourth-order valence-electron chi connectivity index (χ4n) is 3.58. The van der Waals surface area contributed by atoms with E-state index in [1.54, 1.807) is 0 Å². The van der Waals surface area contributed by atoms with E-state index in [0.29, 0.717) is 30.8 Å². The van der Waals surface area contributed by atoms with Crippen molar-refractivity contribution in [2.45, 2.75) is 130 Å². The van der Waals surface area contributed by atoms with Crippen molar-refractivity contribution in [3.8, 4) is 6.07 Å². The van der Waals surface area contributed by atoms with Gasteiger partial charge in [0.15, 0.2) is 0 Å². The van der Waals surface area contributed by atoms with Crippen LogP contribution in [0.3, 0.4) is 0 Å². The maximum absolute atomic E-state index is 8.94. The zero-order valence-corrected chi connectivity index (χ0v) is 19.4. The van der Waals surface area contributed by atoms with E-state index in [0.717, 1.165) is 0 Å². The SMILES string of the molecule is CCCCCCCC(CCCCC)P(OCCC#N)N(C(C)C)C(C)C. The Balaban J connectivity index is 5.07. The van der Waals surface area contributed by atoms with E-state index in [1.807, 2.05) is 0 Å². The van der Waals surface area contributed by atoms with Gasteiger partial charge in [-0.3, -0.25) is 4.67 Å². The highest BCUT2D eigenvalue weighted by Crippen LogP contribution is 2.52. The third-order valence-electron chi connectivity index (χ3n) is 4.82. The molecule has 0 fully saturated rings. The van der Waals surface area contributed by atoms with Gasteiger partial charge in [0, 0.05) is 17.7 Å². The second kappa shape index (κ2) is 17.0. The zero-order chi connectivity index (χ0) is 19.8. The van der Waals surface area contributed by atoms with E-state index < -0.39 is 8.30 Å². The summed E-state index contributed by atoms with van der Waals surface area (Å²) in [6, 6.07) is 3.21. The second-order valence-corrected chi connectivity index (χ2v) is 10.0. The van der Waals surface area contributed by atoms with Gasteiger partial charge >= 0.3 is 0 Å². The molecule has 0 aromatic rings. The first-order chi connectivity index (χ1) is 12.5. The average molecular weight is 385 g/mol. The van der Waals surface area contributed by atoms with Crippen molar-refractivity contribution in [3.05, 3.63) is 0 Å². The molecule has 0 aliphatic carbocycles. The molecule has 0 aromatic heterocycles. The van der Waals surface area contributed by atoms with Gasteiger partial charge in [0.1, 0.15) is 8.30 Å². The summed E-state index contributed by atoms with van der Waals surface area (Å²) in [6.07, 6.45) is 13.6. The van der Waals surface area contributed by atoms with Crippen LogP contribution in [-0.2, 0) is 4.52 Å². The van der Waals surface area contributed by atoms with Gasteiger partial charge in [0.05, 0.1) is 19.1 Å². The molecule has 2 atom stereocenters. The molecule has 3 nitrogen and oxygen atoms in total. The van der Waals surface area contributed by atoms with Crippen molar-refractivity contribution in [1.82, 2.24) is 4.67 Å². The quantitative estimate of drug-likeness (QED) is 0.191. The molecule has 0 saturated heterocycles. The minimum absolute atomic E-state index is 0.483. The number of nitriles is 1. The van der Waals surface area contributed by atoms with Crippen molar-refractivity contribution < 1.29 is 4.52 Å². The lowest BCUT2D eigenvalue weighted by Gasteiger charge is -2.41. The van der Waals surface area contributed by atoms with Gasteiger partial charge in [-0.25, -0.2) is 0 Å². The molecule has 2 unspecified atom stereocenters. The molecule has 0 saturated carbocycles. The molecule has 0 aliphatic rings. The third-order valence-corrected chi connectivity index (χ3v) is 7.78. The van der Waals surface area contributed by atoms with Crippen molar-refractivity contribution in [2.24, 2.45) is 0 Å². The van der Waals surface area contributed by atoms with Crippen LogP contribution >= 0.6 is 8.30 Å². The first kappa shape index (κ1) is 25.8. The maximum Gasteiger partial charge on any atom is 0.108 e.